The first-order chi connectivity index (χ1) is 8.09. The molecule has 3 nitrogen and oxygen atoms in total. The van der Waals surface area contributed by atoms with Gasteiger partial charge >= 0.3 is 0 Å². The maximum atomic E-state index is 8.90. The molecule has 1 N–H and O–H groups in total. The maximum absolute atomic E-state index is 8.90. The highest BCUT2D eigenvalue weighted by atomic mass is 16.5. The van der Waals surface area contributed by atoms with Crippen molar-refractivity contribution in [3.63, 3.8) is 0 Å². The largest absolute Gasteiger partial charge is 0.495 e. The first kappa shape index (κ1) is 13.4. The molecule has 0 aliphatic carbocycles. The van der Waals surface area contributed by atoms with Crippen molar-refractivity contribution in [2.45, 2.75) is 26.7 Å². The third kappa shape index (κ3) is 4.36. The summed E-state index contributed by atoms with van der Waals surface area (Å²) >= 11 is 0. The van der Waals surface area contributed by atoms with Crippen molar-refractivity contribution >= 4 is 5.69 Å². The molecule has 0 saturated heterocycles. The van der Waals surface area contributed by atoms with Crippen molar-refractivity contribution in [3.8, 4) is 11.8 Å². The van der Waals surface area contributed by atoms with Crippen molar-refractivity contribution in [2.75, 3.05) is 19.0 Å². The van der Waals surface area contributed by atoms with Gasteiger partial charge in [-0.25, -0.2) is 0 Å². The summed E-state index contributed by atoms with van der Waals surface area (Å²) in [5.41, 5.74) is 0.771. The lowest BCUT2D eigenvalue weighted by Crippen LogP contribution is -2.11. The van der Waals surface area contributed by atoms with Crippen LogP contribution in [0.4, 0.5) is 5.69 Å². The number of hydrogen-bond acceptors (Lipinski definition) is 3. The number of rotatable bonds is 6. The Labute approximate surface area is 103 Å². The van der Waals surface area contributed by atoms with Gasteiger partial charge in [-0.2, -0.15) is 5.26 Å². The molecule has 0 bridgehead atoms. The molecule has 0 aliphatic heterocycles. The van der Waals surface area contributed by atoms with Gasteiger partial charge < -0.3 is 10.1 Å². The van der Waals surface area contributed by atoms with Crippen LogP contribution < -0.4 is 10.1 Å². The average Bonchev–Trinajstić information content (AvgIpc) is 2.35. The van der Waals surface area contributed by atoms with Gasteiger partial charge in [0, 0.05) is 6.54 Å². The van der Waals surface area contributed by atoms with E-state index in [0.29, 0.717) is 0 Å². The van der Waals surface area contributed by atoms with Crippen LogP contribution >= 0.6 is 0 Å². The van der Waals surface area contributed by atoms with Crippen LogP contribution in [0.25, 0.3) is 0 Å². The highest BCUT2D eigenvalue weighted by Crippen LogP contribution is 2.24. The average molecular weight is 232 g/mol. The summed E-state index contributed by atoms with van der Waals surface area (Å²) in [6.45, 7) is 4.79. The van der Waals surface area contributed by atoms with Gasteiger partial charge in [-0.3, -0.25) is 0 Å². The lowest BCUT2D eigenvalue weighted by molar-refractivity contribution is 0.415. The third-order valence-corrected chi connectivity index (χ3v) is 2.70. The SMILES string of the molecule is COc1ccccc1NCCCC(C)(C)C#N. The van der Waals surface area contributed by atoms with E-state index in [0.717, 1.165) is 30.8 Å². The number of nitrogens with one attached hydrogen (secondary N) is 1. The van der Waals surface area contributed by atoms with Crippen molar-refractivity contribution in [2.24, 2.45) is 5.41 Å². The Morgan fingerprint density at radius 2 is 2.06 bits per heavy atom. The van der Waals surface area contributed by atoms with Gasteiger partial charge in [-0.05, 0) is 38.8 Å². The molecule has 0 unspecified atom stereocenters. The summed E-state index contributed by atoms with van der Waals surface area (Å²) in [7, 11) is 1.67. The number of para-hydroxylation sites is 2. The molecule has 1 aromatic rings. The molecular formula is C14H20N2O. The molecule has 92 valence electrons. The van der Waals surface area contributed by atoms with Crippen LogP contribution in [0.2, 0.25) is 0 Å². The van der Waals surface area contributed by atoms with Gasteiger partial charge in [0.05, 0.1) is 24.3 Å². The van der Waals surface area contributed by atoms with Crippen LogP contribution in [0.5, 0.6) is 5.75 Å². The van der Waals surface area contributed by atoms with Crippen molar-refractivity contribution < 1.29 is 4.74 Å². The fourth-order valence-corrected chi connectivity index (χ4v) is 1.60. The van der Waals surface area contributed by atoms with Crippen LogP contribution in [0.15, 0.2) is 24.3 Å². The standard InChI is InChI=1S/C14H20N2O/c1-14(2,11-15)9-6-10-16-12-7-4-5-8-13(12)17-3/h4-5,7-8,16H,6,9-10H2,1-3H3. The summed E-state index contributed by atoms with van der Waals surface area (Å²) in [6.07, 6.45) is 1.87. The van der Waals surface area contributed by atoms with E-state index in [1.165, 1.54) is 0 Å². The smallest absolute Gasteiger partial charge is 0.141 e. The Kier molecular flexibility index (Phi) is 4.84. The molecule has 17 heavy (non-hydrogen) atoms. The van der Waals surface area contributed by atoms with Crippen LogP contribution in [0.3, 0.4) is 0 Å². The van der Waals surface area contributed by atoms with Crippen LogP contribution in [0.1, 0.15) is 26.7 Å². The lowest BCUT2D eigenvalue weighted by Gasteiger charge is -2.15. The van der Waals surface area contributed by atoms with E-state index in [1.54, 1.807) is 7.11 Å². The zero-order chi connectivity index (χ0) is 12.7. The normalized spacial score (nSPS) is 10.7. The Morgan fingerprint density at radius 3 is 2.71 bits per heavy atom. The molecule has 0 atom stereocenters. The number of ether oxygens (including phenoxy) is 1. The van der Waals surface area contributed by atoms with Crippen LogP contribution in [-0.2, 0) is 0 Å². The first-order valence-electron chi connectivity index (χ1n) is 5.87. The summed E-state index contributed by atoms with van der Waals surface area (Å²) in [6, 6.07) is 10.2. The van der Waals surface area contributed by atoms with E-state index in [1.807, 2.05) is 38.1 Å². The molecule has 3 heteroatoms. The van der Waals surface area contributed by atoms with E-state index in [-0.39, 0.29) is 5.41 Å². The number of methoxy groups -OCH3 is 1. The Bertz CT molecular complexity index is 393. The molecule has 0 aliphatic rings. The minimum absolute atomic E-state index is 0.234. The van der Waals surface area contributed by atoms with Crippen LogP contribution in [0, 0.1) is 16.7 Å². The first-order valence-corrected chi connectivity index (χ1v) is 5.87. The zero-order valence-electron chi connectivity index (χ0n) is 10.8. The number of nitriles is 1. The predicted octanol–water partition coefficient (Wildman–Crippen LogP) is 3.44. The van der Waals surface area contributed by atoms with Crippen molar-refractivity contribution in [1.82, 2.24) is 0 Å². The quantitative estimate of drug-likeness (QED) is 0.764. The summed E-state index contributed by atoms with van der Waals surface area (Å²) in [5.74, 6) is 0.854. The molecular weight excluding hydrogens is 212 g/mol. The van der Waals surface area contributed by atoms with Crippen molar-refractivity contribution in [1.29, 1.82) is 5.26 Å². The lowest BCUT2D eigenvalue weighted by atomic mass is 9.90. The summed E-state index contributed by atoms with van der Waals surface area (Å²) in [4.78, 5) is 0. The second kappa shape index (κ2) is 6.15. The van der Waals surface area contributed by atoms with Gasteiger partial charge in [0.25, 0.3) is 0 Å². The van der Waals surface area contributed by atoms with Gasteiger partial charge in [-0.1, -0.05) is 12.1 Å². The molecule has 0 radical (unpaired) electrons. The Hall–Kier alpha value is -1.69. The van der Waals surface area contributed by atoms with E-state index in [4.69, 9.17) is 10.00 Å². The van der Waals surface area contributed by atoms with Gasteiger partial charge in [0.1, 0.15) is 5.75 Å². The van der Waals surface area contributed by atoms with E-state index >= 15 is 0 Å². The number of benzene rings is 1. The number of anilines is 1. The molecule has 0 spiro atoms. The minimum Gasteiger partial charge on any atom is -0.495 e. The second-order valence-electron chi connectivity index (χ2n) is 4.73. The molecule has 0 amide bonds. The number of nitrogens with zero attached hydrogens (tertiary/aromatic N) is 1. The third-order valence-electron chi connectivity index (χ3n) is 2.70. The molecule has 0 aromatic heterocycles. The molecule has 0 saturated carbocycles. The Morgan fingerprint density at radius 1 is 1.35 bits per heavy atom. The summed E-state index contributed by atoms with van der Waals surface area (Å²) in [5, 5.41) is 12.2. The monoisotopic (exact) mass is 232 g/mol. The molecule has 0 heterocycles. The summed E-state index contributed by atoms with van der Waals surface area (Å²) < 4.78 is 5.25. The van der Waals surface area contributed by atoms with E-state index in [2.05, 4.69) is 11.4 Å². The van der Waals surface area contributed by atoms with Gasteiger partial charge in [0.2, 0.25) is 0 Å². The maximum Gasteiger partial charge on any atom is 0.141 e. The Balaban J connectivity index is 2.39. The van der Waals surface area contributed by atoms with E-state index in [9.17, 15) is 0 Å². The van der Waals surface area contributed by atoms with Crippen LogP contribution in [-0.4, -0.2) is 13.7 Å². The predicted molar refractivity (Wildman–Crippen MR) is 70.1 cm³/mol. The highest BCUT2D eigenvalue weighted by Gasteiger charge is 2.15. The van der Waals surface area contributed by atoms with E-state index < -0.39 is 0 Å². The molecule has 1 aromatic carbocycles. The fourth-order valence-electron chi connectivity index (χ4n) is 1.60. The topological polar surface area (TPSA) is 45.0 Å². The van der Waals surface area contributed by atoms with Gasteiger partial charge in [0.15, 0.2) is 0 Å². The molecule has 1 rings (SSSR count). The zero-order valence-corrected chi connectivity index (χ0v) is 10.8. The minimum atomic E-state index is -0.234. The number of hydrogen-bond donors (Lipinski definition) is 1. The molecule has 0 fully saturated rings. The van der Waals surface area contributed by atoms with Crippen molar-refractivity contribution in [3.05, 3.63) is 24.3 Å². The fraction of sp³-hybridized carbons (Fsp3) is 0.500. The highest BCUT2D eigenvalue weighted by molar-refractivity contribution is 5.55. The van der Waals surface area contributed by atoms with Gasteiger partial charge in [-0.15, -0.1) is 0 Å². The second-order valence-corrected chi connectivity index (χ2v) is 4.73.